The zero-order valence-electron chi connectivity index (χ0n) is 18.7. The topological polar surface area (TPSA) is 123 Å². The predicted molar refractivity (Wildman–Crippen MR) is 133 cm³/mol. The van der Waals surface area contributed by atoms with Crippen LogP contribution in [0.1, 0.15) is 28.8 Å². The first-order valence-corrected chi connectivity index (χ1v) is 10.7. The zero-order chi connectivity index (χ0) is 24.7. The third kappa shape index (κ3) is 6.05. The smallest absolute Gasteiger partial charge is 0.337 e. The molecule has 0 atom stereocenters. The number of allylic oxidation sites excluding steroid dienone is 4. The lowest BCUT2D eigenvalue weighted by Gasteiger charge is -2.12. The van der Waals surface area contributed by atoms with Crippen molar-refractivity contribution in [2.75, 3.05) is 19.5 Å². The number of aromatic carboxylic acids is 1. The molecule has 0 saturated heterocycles. The largest absolute Gasteiger partial charge is 0.493 e. The Bertz CT molecular complexity index is 1230. The second-order valence-corrected chi connectivity index (χ2v) is 7.65. The van der Waals surface area contributed by atoms with E-state index in [-0.39, 0.29) is 16.3 Å². The Kier molecular flexibility index (Phi) is 8.10. The van der Waals surface area contributed by atoms with E-state index in [1.807, 2.05) is 30.4 Å². The van der Waals surface area contributed by atoms with E-state index in [0.29, 0.717) is 35.0 Å². The first-order chi connectivity index (χ1) is 16.3. The molecule has 0 aliphatic carbocycles. The van der Waals surface area contributed by atoms with Gasteiger partial charge < -0.3 is 25.6 Å². The lowest BCUT2D eigenvalue weighted by Crippen LogP contribution is -2.21. The normalized spacial score (nSPS) is 16.3. The monoisotopic (exact) mass is 481 g/mol. The molecule has 34 heavy (non-hydrogen) atoms. The van der Waals surface area contributed by atoms with E-state index in [2.05, 4.69) is 5.32 Å². The number of benzene rings is 2. The molecule has 176 valence electrons. The Morgan fingerprint density at radius 1 is 1.15 bits per heavy atom. The maximum atomic E-state index is 12.6. The SMILES string of the molecule is COc1ccc(/C2=C/C=C\CCC(C=C(N)C(=O)Nc3ccc(C(=O)O)c(Cl)c3)=N2)cc1OC. The molecule has 9 heteroatoms. The first-order valence-electron chi connectivity index (χ1n) is 10.3. The highest BCUT2D eigenvalue weighted by atomic mass is 35.5. The number of rotatable bonds is 7. The van der Waals surface area contributed by atoms with Gasteiger partial charge in [-0.1, -0.05) is 23.8 Å². The highest BCUT2D eigenvalue weighted by Gasteiger charge is 2.13. The second-order valence-electron chi connectivity index (χ2n) is 7.25. The number of carbonyl (C=O) groups excluding carboxylic acids is 1. The van der Waals surface area contributed by atoms with Crippen LogP contribution >= 0.6 is 11.6 Å². The highest BCUT2D eigenvalue weighted by molar-refractivity contribution is 6.33. The minimum absolute atomic E-state index is 0.00808. The summed E-state index contributed by atoms with van der Waals surface area (Å²) in [5.41, 5.74) is 8.36. The molecule has 0 saturated carbocycles. The standard InChI is InChI=1S/C25H24ClN3O5/c1-33-22-11-8-15(12-23(22)34-2)21-7-5-3-4-6-16(28-21)14-20(27)24(30)29-17-9-10-18(25(31)32)19(26)13-17/h3,5,7-14H,4,6,27H2,1-2H3,(H,29,30)(H,31,32)/b5-3-,20-14?,21-7-,28-16?. The molecule has 0 unspecified atom stereocenters. The Hall–Kier alpha value is -4.04. The van der Waals surface area contributed by atoms with E-state index in [0.717, 1.165) is 12.0 Å². The molecule has 1 aliphatic rings. The van der Waals surface area contributed by atoms with Crippen molar-refractivity contribution in [1.82, 2.24) is 0 Å². The molecule has 0 radical (unpaired) electrons. The Morgan fingerprint density at radius 3 is 2.59 bits per heavy atom. The summed E-state index contributed by atoms with van der Waals surface area (Å²) in [5, 5.41) is 11.7. The van der Waals surface area contributed by atoms with E-state index in [1.165, 1.54) is 24.3 Å². The van der Waals surface area contributed by atoms with Gasteiger partial charge in [-0.25, -0.2) is 4.79 Å². The lowest BCUT2D eigenvalue weighted by atomic mass is 10.1. The van der Waals surface area contributed by atoms with Gasteiger partial charge in [-0.15, -0.1) is 0 Å². The van der Waals surface area contributed by atoms with E-state index >= 15 is 0 Å². The molecule has 0 spiro atoms. The number of carboxylic acids is 1. The number of halogens is 1. The minimum Gasteiger partial charge on any atom is -0.493 e. The molecule has 0 aromatic heterocycles. The average molecular weight is 482 g/mol. The summed E-state index contributed by atoms with van der Waals surface area (Å²) >= 11 is 5.96. The summed E-state index contributed by atoms with van der Waals surface area (Å²) < 4.78 is 10.7. The van der Waals surface area contributed by atoms with Gasteiger partial charge in [0.2, 0.25) is 0 Å². The number of nitrogens with two attached hydrogens (primary N) is 1. The fraction of sp³-hybridized carbons (Fsp3) is 0.160. The van der Waals surface area contributed by atoms with Crippen LogP contribution in [-0.2, 0) is 4.79 Å². The number of amides is 1. The number of aliphatic imine (C=N–C) groups is 1. The van der Waals surface area contributed by atoms with Gasteiger partial charge >= 0.3 is 5.97 Å². The summed E-state index contributed by atoms with van der Waals surface area (Å²) in [6.07, 6.45) is 8.63. The summed E-state index contributed by atoms with van der Waals surface area (Å²) in [6.45, 7) is 0. The average Bonchev–Trinajstić information content (AvgIpc) is 2.79. The molecule has 1 heterocycles. The maximum Gasteiger partial charge on any atom is 0.337 e. The van der Waals surface area contributed by atoms with Gasteiger partial charge in [-0.05, 0) is 61.4 Å². The van der Waals surface area contributed by atoms with E-state index < -0.39 is 11.9 Å². The van der Waals surface area contributed by atoms with Crippen LogP contribution in [0.5, 0.6) is 11.5 Å². The van der Waals surface area contributed by atoms with Gasteiger partial charge in [0.1, 0.15) is 0 Å². The fourth-order valence-electron chi connectivity index (χ4n) is 3.21. The van der Waals surface area contributed by atoms with Crippen LogP contribution in [-0.4, -0.2) is 36.9 Å². The van der Waals surface area contributed by atoms with Crippen molar-refractivity contribution in [2.24, 2.45) is 10.7 Å². The van der Waals surface area contributed by atoms with Gasteiger partial charge in [-0.3, -0.25) is 9.79 Å². The van der Waals surface area contributed by atoms with Crippen LogP contribution in [0.4, 0.5) is 5.69 Å². The molecule has 4 N–H and O–H groups in total. The summed E-state index contributed by atoms with van der Waals surface area (Å²) in [4.78, 5) is 28.4. The van der Waals surface area contributed by atoms with Crippen molar-refractivity contribution in [2.45, 2.75) is 12.8 Å². The predicted octanol–water partition coefficient (Wildman–Crippen LogP) is 4.67. The minimum atomic E-state index is -1.16. The summed E-state index contributed by atoms with van der Waals surface area (Å²) in [7, 11) is 3.13. The molecule has 1 amide bonds. The van der Waals surface area contributed by atoms with Crippen LogP contribution in [0.15, 0.2) is 71.4 Å². The highest BCUT2D eigenvalue weighted by Crippen LogP contribution is 2.31. The molecule has 0 bridgehead atoms. The zero-order valence-corrected chi connectivity index (χ0v) is 19.4. The number of hydrogen-bond acceptors (Lipinski definition) is 6. The van der Waals surface area contributed by atoms with Crippen LogP contribution < -0.4 is 20.5 Å². The molecule has 2 aromatic rings. The maximum absolute atomic E-state index is 12.6. The molecular weight excluding hydrogens is 458 g/mol. The number of hydrogen-bond donors (Lipinski definition) is 3. The number of anilines is 1. The van der Waals surface area contributed by atoms with Crippen LogP contribution in [0.25, 0.3) is 5.70 Å². The fourth-order valence-corrected chi connectivity index (χ4v) is 3.47. The Balaban J connectivity index is 1.84. The van der Waals surface area contributed by atoms with Crippen molar-refractivity contribution in [3.05, 3.63) is 82.5 Å². The summed E-state index contributed by atoms with van der Waals surface area (Å²) in [6, 6.07) is 9.60. The van der Waals surface area contributed by atoms with Gasteiger partial charge in [0, 0.05) is 17.0 Å². The quantitative estimate of drug-likeness (QED) is 0.494. The van der Waals surface area contributed by atoms with Crippen molar-refractivity contribution in [1.29, 1.82) is 0 Å². The number of ether oxygens (including phenoxy) is 2. The van der Waals surface area contributed by atoms with Crippen molar-refractivity contribution in [3.63, 3.8) is 0 Å². The second kappa shape index (κ2) is 11.2. The molecule has 0 fully saturated rings. The van der Waals surface area contributed by atoms with Crippen LogP contribution in [0.2, 0.25) is 5.02 Å². The number of nitrogens with zero attached hydrogens (tertiary/aromatic N) is 1. The van der Waals surface area contributed by atoms with Crippen LogP contribution in [0, 0.1) is 0 Å². The molecule has 1 aliphatic heterocycles. The van der Waals surface area contributed by atoms with Gasteiger partial charge in [-0.2, -0.15) is 0 Å². The van der Waals surface area contributed by atoms with Crippen molar-refractivity contribution in [3.8, 4) is 11.5 Å². The number of carboxylic acid groups (broad SMARTS) is 1. The lowest BCUT2D eigenvalue weighted by molar-refractivity contribution is -0.112. The Morgan fingerprint density at radius 2 is 1.91 bits per heavy atom. The van der Waals surface area contributed by atoms with E-state index in [9.17, 15) is 9.59 Å². The van der Waals surface area contributed by atoms with Crippen LogP contribution in [0.3, 0.4) is 0 Å². The van der Waals surface area contributed by atoms with Gasteiger partial charge in [0.15, 0.2) is 11.5 Å². The number of methoxy groups -OCH3 is 2. The van der Waals surface area contributed by atoms with E-state index in [1.54, 1.807) is 20.3 Å². The molecule has 8 nitrogen and oxygen atoms in total. The number of carbonyl (C=O) groups is 2. The Labute approximate surface area is 202 Å². The summed E-state index contributed by atoms with van der Waals surface area (Å²) in [5.74, 6) is -0.534. The first kappa shape index (κ1) is 24.6. The van der Waals surface area contributed by atoms with Crippen molar-refractivity contribution >= 4 is 40.6 Å². The van der Waals surface area contributed by atoms with Gasteiger partial charge in [0.25, 0.3) is 5.91 Å². The van der Waals surface area contributed by atoms with E-state index in [4.69, 9.17) is 36.9 Å². The third-order valence-electron chi connectivity index (χ3n) is 4.94. The molecule has 2 aromatic carbocycles. The van der Waals surface area contributed by atoms with Crippen molar-refractivity contribution < 1.29 is 24.2 Å². The third-order valence-corrected chi connectivity index (χ3v) is 5.26. The molecule has 3 rings (SSSR count). The molecular formula is C25H24ClN3O5. The number of nitrogens with one attached hydrogen (secondary N) is 1. The van der Waals surface area contributed by atoms with Gasteiger partial charge in [0.05, 0.1) is 36.2 Å².